The molecule has 0 aliphatic carbocycles. The summed E-state index contributed by atoms with van der Waals surface area (Å²) in [7, 11) is 0. The Morgan fingerprint density at radius 3 is 2.23 bits per heavy atom. The summed E-state index contributed by atoms with van der Waals surface area (Å²) in [4.78, 5) is 0. The average Bonchev–Trinajstić information content (AvgIpc) is 2.16. The molecule has 0 amide bonds. The van der Waals surface area contributed by atoms with E-state index >= 15 is 0 Å². The molecule has 0 heterocycles. The highest BCUT2D eigenvalue weighted by atomic mass is 13.9. The van der Waals surface area contributed by atoms with Crippen LogP contribution in [0.3, 0.4) is 0 Å². The second kappa shape index (κ2) is 11.2. The zero-order valence-electron chi connectivity index (χ0n) is 8.71. The SMILES string of the molecule is [CH]=CCC=CCCCCCC=CC. The first-order valence-electron chi connectivity index (χ1n) is 5.21. The third kappa shape index (κ3) is 11.2. The van der Waals surface area contributed by atoms with Crippen LogP contribution in [0.5, 0.6) is 0 Å². The van der Waals surface area contributed by atoms with Gasteiger partial charge < -0.3 is 0 Å². The largest absolute Gasteiger partial charge is 0.0917 e. The summed E-state index contributed by atoms with van der Waals surface area (Å²) in [6.07, 6.45) is 17.7. The lowest BCUT2D eigenvalue weighted by atomic mass is 10.1. The van der Waals surface area contributed by atoms with Crippen LogP contribution in [0, 0.1) is 6.58 Å². The lowest BCUT2D eigenvalue weighted by molar-refractivity contribution is 0.695. The van der Waals surface area contributed by atoms with Crippen molar-refractivity contribution in [2.45, 2.75) is 45.4 Å². The molecule has 0 atom stereocenters. The van der Waals surface area contributed by atoms with Crippen molar-refractivity contribution in [2.75, 3.05) is 0 Å². The number of allylic oxidation sites excluding steroid dienone is 5. The Kier molecular flexibility index (Phi) is 10.5. The third-order valence-corrected chi connectivity index (χ3v) is 1.92. The maximum Gasteiger partial charge on any atom is -0.0166 e. The van der Waals surface area contributed by atoms with E-state index in [1.807, 2.05) is 0 Å². The first-order chi connectivity index (χ1) is 6.41. The minimum atomic E-state index is 0.901. The summed E-state index contributed by atoms with van der Waals surface area (Å²) >= 11 is 0. The highest BCUT2D eigenvalue weighted by Gasteiger charge is 1.84. The van der Waals surface area contributed by atoms with Crippen molar-refractivity contribution >= 4 is 0 Å². The van der Waals surface area contributed by atoms with E-state index in [0.29, 0.717) is 0 Å². The van der Waals surface area contributed by atoms with Gasteiger partial charge in [0.1, 0.15) is 0 Å². The maximum atomic E-state index is 5.24. The van der Waals surface area contributed by atoms with Crippen LogP contribution in [-0.4, -0.2) is 0 Å². The second-order valence-electron chi connectivity index (χ2n) is 3.15. The van der Waals surface area contributed by atoms with E-state index < -0.39 is 0 Å². The lowest BCUT2D eigenvalue weighted by Gasteiger charge is -1.94. The summed E-state index contributed by atoms with van der Waals surface area (Å²) in [5, 5.41) is 0. The Morgan fingerprint density at radius 1 is 0.923 bits per heavy atom. The van der Waals surface area contributed by atoms with E-state index in [-0.39, 0.29) is 0 Å². The molecule has 0 heteroatoms. The van der Waals surface area contributed by atoms with E-state index in [2.05, 4.69) is 31.2 Å². The zero-order chi connectivity index (χ0) is 9.78. The second-order valence-corrected chi connectivity index (χ2v) is 3.15. The summed E-state index contributed by atoms with van der Waals surface area (Å²) in [6, 6.07) is 0. The molecule has 0 nitrogen and oxygen atoms in total. The van der Waals surface area contributed by atoms with Gasteiger partial charge in [0.05, 0.1) is 0 Å². The van der Waals surface area contributed by atoms with Crippen LogP contribution in [-0.2, 0) is 0 Å². The van der Waals surface area contributed by atoms with Gasteiger partial charge in [-0.1, -0.05) is 43.4 Å². The molecule has 0 N–H and O–H groups in total. The topological polar surface area (TPSA) is 0 Å². The van der Waals surface area contributed by atoms with Gasteiger partial charge in [-0.3, -0.25) is 0 Å². The van der Waals surface area contributed by atoms with Crippen LogP contribution in [0.15, 0.2) is 30.4 Å². The molecule has 0 spiro atoms. The summed E-state index contributed by atoms with van der Waals surface area (Å²) in [5.41, 5.74) is 0. The smallest absolute Gasteiger partial charge is 0.0166 e. The van der Waals surface area contributed by atoms with Gasteiger partial charge in [-0.15, -0.1) is 0 Å². The van der Waals surface area contributed by atoms with Gasteiger partial charge in [-0.25, -0.2) is 0 Å². The molecule has 73 valence electrons. The zero-order valence-corrected chi connectivity index (χ0v) is 8.71. The van der Waals surface area contributed by atoms with Gasteiger partial charge in [0.25, 0.3) is 0 Å². The highest BCUT2D eigenvalue weighted by molar-refractivity contribution is 4.87. The standard InChI is InChI=1S/C13H21/c1-3-5-7-9-11-13-12-10-8-6-4-2/h1,3-4,6-7,9H,5,8,10-13H2,2H3. The fourth-order valence-corrected chi connectivity index (χ4v) is 1.16. The number of hydrogen-bond donors (Lipinski definition) is 0. The van der Waals surface area contributed by atoms with Crippen molar-refractivity contribution in [3.05, 3.63) is 37.0 Å². The predicted molar refractivity (Wildman–Crippen MR) is 60.5 cm³/mol. The quantitative estimate of drug-likeness (QED) is 0.379. The number of rotatable bonds is 8. The van der Waals surface area contributed by atoms with Gasteiger partial charge in [0.2, 0.25) is 0 Å². The van der Waals surface area contributed by atoms with Crippen molar-refractivity contribution in [2.24, 2.45) is 0 Å². The molecule has 13 heavy (non-hydrogen) atoms. The Labute approximate surface area is 83.0 Å². The lowest BCUT2D eigenvalue weighted by Crippen LogP contribution is -1.74. The molecule has 0 rings (SSSR count). The van der Waals surface area contributed by atoms with Crippen LogP contribution in [0.25, 0.3) is 0 Å². The molecule has 0 saturated carbocycles. The van der Waals surface area contributed by atoms with Crippen molar-refractivity contribution in [3.8, 4) is 0 Å². The normalized spacial score (nSPS) is 11.5. The minimum Gasteiger partial charge on any atom is -0.0917 e. The van der Waals surface area contributed by atoms with Gasteiger partial charge in [0, 0.05) is 0 Å². The van der Waals surface area contributed by atoms with Crippen molar-refractivity contribution in [1.29, 1.82) is 0 Å². The molecular weight excluding hydrogens is 156 g/mol. The number of hydrogen-bond acceptors (Lipinski definition) is 0. The first kappa shape index (κ1) is 12.2. The summed E-state index contributed by atoms with van der Waals surface area (Å²) in [5.74, 6) is 0. The van der Waals surface area contributed by atoms with Crippen LogP contribution >= 0.6 is 0 Å². The Hall–Kier alpha value is -0.780. The van der Waals surface area contributed by atoms with E-state index in [9.17, 15) is 0 Å². The van der Waals surface area contributed by atoms with E-state index in [4.69, 9.17) is 6.58 Å². The number of unbranched alkanes of at least 4 members (excludes halogenated alkanes) is 4. The molecule has 0 fully saturated rings. The first-order valence-corrected chi connectivity index (χ1v) is 5.21. The van der Waals surface area contributed by atoms with E-state index in [0.717, 1.165) is 6.42 Å². The summed E-state index contributed by atoms with van der Waals surface area (Å²) in [6.45, 7) is 7.32. The van der Waals surface area contributed by atoms with E-state index in [1.54, 1.807) is 6.08 Å². The van der Waals surface area contributed by atoms with Crippen LogP contribution < -0.4 is 0 Å². The molecule has 0 saturated heterocycles. The van der Waals surface area contributed by atoms with Gasteiger partial charge in [0.15, 0.2) is 0 Å². The van der Waals surface area contributed by atoms with E-state index in [1.165, 1.54) is 32.1 Å². The molecule has 0 bridgehead atoms. The molecule has 0 aliphatic rings. The molecule has 1 radical (unpaired) electrons. The van der Waals surface area contributed by atoms with Crippen LogP contribution in [0.2, 0.25) is 0 Å². The van der Waals surface area contributed by atoms with Crippen LogP contribution in [0.4, 0.5) is 0 Å². The minimum absolute atomic E-state index is 0.901. The Bertz CT molecular complexity index is 151. The summed E-state index contributed by atoms with van der Waals surface area (Å²) < 4.78 is 0. The Morgan fingerprint density at radius 2 is 1.62 bits per heavy atom. The molecule has 0 unspecified atom stereocenters. The molecule has 0 aromatic heterocycles. The van der Waals surface area contributed by atoms with Gasteiger partial charge >= 0.3 is 0 Å². The van der Waals surface area contributed by atoms with Crippen molar-refractivity contribution in [3.63, 3.8) is 0 Å². The fraction of sp³-hybridized carbons (Fsp3) is 0.538. The van der Waals surface area contributed by atoms with Crippen molar-refractivity contribution in [1.82, 2.24) is 0 Å². The Balaban J connectivity index is 3.03. The average molecular weight is 177 g/mol. The molecule has 0 aromatic rings. The molecule has 0 aromatic carbocycles. The van der Waals surface area contributed by atoms with Gasteiger partial charge in [-0.2, -0.15) is 0 Å². The molecule has 0 aliphatic heterocycles. The third-order valence-electron chi connectivity index (χ3n) is 1.92. The van der Waals surface area contributed by atoms with Crippen LogP contribution in [0.1, 0.15) is 45.4 Å². The molecular formula is C13H21. The van der Waals surface area contributed by atoms with Crippen molar-refractivity contribution < 1.29 is 0 Å². The monoisotopic (exact) mass is 177 g/mol. The highest BCUT2D eigenvalue weighted by Crippen LogP contribution is 2.04. The fourth-order valence-electron chi connectivity index (χ4n) is 1.16. The predicted octanol–water partition coefficient (Wildman–Crippen LogP) is 4.45. The van der Waals surface area contributed by atoms with Gasteiger partial charge in [-0.05, 0) is 39.0 Å². The maximum absolute atomic E-state index is 5.24.